The lowest BCUT2D eigenvalue weighted by Gasteiger charge is -2.37. The summed E-state index contributed by atoms with van der Waals surface area (Å²) in [6, 6.07) is 7.52. The summed E-state index contributed by atoms with van der Waals surface area (Å²) in [5.74, 6) is 0.767. The molecule has 1 fully saturated rings. The normalized spacial score (nSPS) is 15.5. The summed E-state index contributed by atoms with van der Waals surface area (Å²) in [7, 11) is -0.993. The maximum absolute atomic E-state index is 15.1. The molecule has 27 heavy (non-hydrogen) atoms. The smallest absolute Gasteiger partial charge is 0.214 e. The van der Waals surface area contributed by atoms with Crippen molar-refractivity contribution in [2.24, 2.45) is 0 Å². The van der Waals surface area contributed by atoms with Gasteiger partial charge in [-0.2, -0.15) is 0 Å². The van der Waals surface area contributed by atoms with E-state index in [0.717, 1.165) is 32.0 Å². The first kappa shape index (κ1) is 19.8. The SMILES string of the molecule is C[Si](OCc1cccc(N2CCN(c3ccncn3)CC2)c1F)C(C)(C)C. The number of halogens is 1. The number of rotatable bonds is 5. The lowest BCUT2D eigenvalue weighted by atomic mass is 10.1. The molecule has 0 aliphatic carbocycles. The van der Waals surface area contributed by atoms with Gasteiger partial charge in [-0.1, -0.05) is 32.9 Å². The molecule has 0 saturated carbocycles. The number of hydrogen-bond donors (Lipinski definition) is 0. The molecule has 3 rings (SSSR count). The Bertz CT molecular complexity index is 745. The van der Waals surface area contributed by atoms with Crippen molar-refractivity contribution in [3.05, 3.63) is 48.2 Å². The fourth-order valence-corrected chi connectivity index (χ4v) is 3.78. The molecule has 0 bridgehead atoms. The van der Waals surface area contributed by atoms with E-state index in [1.165, 1.54) is 0 Å². The largest absolute Gasteiger partial charge is 0.412 e. The van der Waals surface area contributed by atoms with Crippen LogP contribution in [0, 0.1) is 5.82 Å². The van der Waals surface area contributed by atoms with E-state index in [1.807, 2.05) is 24.3 Å². The Morgan fingerprint density at radius 2 is 1.81 bits per heavy atom. The molecule has 0 unspecified atom stereocenters. The zero-order chi connectivity index (χ0) is 19.4. The van der Waals surface area contributed by atoms with E-state index >= 15 is 4.39 Å². The van der Waals surface area contributed by atoms with Crippen LogP contribution in [0.2, 0.25) is 11.6 Å². The average molecular weight is 388 g/mol. The maximum atomic E-state index is 15.1. The molecule has 2 heterocycles. The average Bonchev–Trinajstić information content (AvgIpc) is 2.67. The van der Waals surface area contributed by atoms with E-state index < -0.39 is 9.04 Å². The third-order valence-electron chi connectivity index (χ3n) is 5.07. The van der Waals surface area contributed by atoms with Gasteiger partial charge in [-0.3, -0.25) is 0 Å². The van der Waals surface area contributed by atoms with Crippen molar-refractivity contribution in [3.8, 4) is 0 Å². The van der Waals surface area contributed by atoms with Crippen LogP contribution in [0.3, 0.4) is 0 Å². The summed E-state index contributed by atoms with van der Waals surface area (Å²) in [4.78, 5) is 12.6. The Morgan fingerprint density at radius 1 is 1.11 bits per heavy atom. The van der Waals surface area contributed by atoms with Crippen LogP contribution < -0.4 is 9.80 Å². The van der Waals surface area contributed by atoms with Gasteiger partial charge >= 0.3 is 0 Å². The zero-order valence-electron chi connectivity index (χ0n) is 16.6. The first-order valence-corrected chi connectivity index (χ1v) is 11.3. The number of benzene rings is 1. The van der Waals surface area contributed by atoms with E-state index in [2.05, 4.69) is 47.1 Å². The summed E-state index contributed by atoms with van der Waals surface area (Å²) in [5, 5.41) is 0.135. The van der Waals surface area contributed by atoms with Crippen molar-refractivity contribution in [2.75, 3.05) is 36.0 Å². The molecule has 0 atom stereocenters. The van der Waals surface area contributed by atoms with Gasteiger partial charge in [0.05, 0.1) is 12.3 Å². The Morgan fingerprint density at radius 3 is 2.44 bits per heavy atom. The fraction of sp³-hybridized carbons (Fsp3) is 0.500. The lowest BCUT2D eigenvalue weighted by Crippen LogP contribution is -2.47. The van der Waals surface area contributed by atoms with Gasteiger partial charge in [0, 0.05) is 37.9 Å². The van der Waals surface area contributed by atoms with Crippen molar-refractivity contribution < 1.29 is 8.82 Å². The van der Waals surface area contributed by atoms with Gasteiger partial charge in [0.1, 0.15) is 12.1 Å². The quantitative estimate of drug-likeness (QED) is 0.728. The second kappa shape index (κ2) is 8.35. The van der Waals surface area contributed by atoms with Gasteiger partial charge in [-0.25, -0.2) is 14.4 Å². The van der Waals surface area contributed by atoms with Crippen molar-refractivity contribution in [3.63, 3.8) is 0 Å². The number of piperazine rings is 1. The molecule has 1 aliphatic rings. The standard InChI is InChI=1S/C20H28FN4OSi/c1-20(2,3)27(4)26-14-16-6-5-7-17(19(16)21)24-10-12-25(13-11-24)18-8-9-22-15-23-18/h5-9,15H,10-14H2,1-4H3. The molecule has 1 saturated heterocycles. The molecular weight excluding hydrogens is 359 g/mol. The Hall–Kier alpha value is -1.99. The van der Waals surface area contributed by atoms with Crippen molar-refractivity contribution in [2.45, 2.75) is 39.0 Å². The molecule has 7 heteroatoms. The van der Waals surface area contributed by atoms with Crippen LogP contribution in [0.1, 0.15) is 26.3 Å². The van der Waals surface area contributed by atoms with Crippen LogP contribution in [0.5, 0.6) is 0 Å². The molecule has 1 aromatic heterocycles. The van der Waals surface area contributed by atoms with Crippen LogP contribution in [-0.4, -0.2) is 45.2 Å². The highest BCUT2D eigenvalue weighted by Gasteiger charge is 2.25. The van der Waals surface area contributed by atoms with E-state index in [9.17, 15) is 0 Å². The van der Waals surface area contributed by atoms with Gasteiger partial charge in [-0.05, 0) is 23.7 Å². The second-order valence-electron chi connectivity index (χ2n) is 7.89. The van der Waals surface area contributed by atoms with Crippen molar-refractivity contribution >= 4 is 20.5 Å². The Balaban J connectivity index is 1.64. The summed E-state index contributed by atoms with van der Waals surface area (Å²) in [6.07, 6.45) is 3.31. The highest BCUT2D eigenvalue weighted by atomic mass is 28.3. The molecule has 1 radical (unpaired) electrons. The summed E-state index contributed by atoms with van der Waals surface area (Å²) < 4.78 is 21.1. The molecule has 145 valence electrons. The summed E-state index contributed by atoms with van der Waals surface area (Å²) in [6.45, 7) is 12.1. The van der Waals surface area contributed by atoms with E-state index in [0.29, 0.717) is 17.9 Å². The predicted octanol–water partition coefficient (Wildman–Crippen LogP) is 3.88. The third kappa shape index (κ3) is 4.84. The molecule has 2 aromatic rings. The molecule has 1 aromatic carbocycles. The highest BCUT2D eigenvalue weighted by molar-refractivity contribution is 6.53. The van der Waals surface area contributed by atoms with Crippen molar-refractivity contribution in [1.82, 2.24) is 9.97 Å². The molecule has 5 nitrogen and oxygen atoms in total. The summed E-state index contributed by atoms with van der Waals surface area (Å²) in [5.41, 5.74) is 1.30. The minimum atomic E-state index is -0.993. The first-order chi connectivity index (χ1) is 12.9. The summed E-state index contributed by atoms with van der Waals surface area (Å²) >= 11 is 0. The van der Waals surface area contributed by atoms with Gasteiger partial charge in [0.25, 0.3) is 0 Å². The van der Waals surface area contributed by atoms with Crippen LogP contribution >= 0.6 is 0 Å². The van der Waals surface area contributed by atoms with Crippen LogP contribution in [-0.2, 0) is 11.0 Å². The monoisotopic (exact) mass is 387 g/mol. The molecular formula is C20H28FN4OSi. The number of aromatic nitrogens is 2. The minimum Gasteiger partial charge on any atom is -0.412 e. The number of anilines is 2. The Kier molecular flexibility index (Phi) is 6.11. The van der Waals surface area contributed by atoms with E-state index in [-0.39, 0.29) is 10.9 Å². The van der Waals surface area contributed by atoms with Crippen molar-refractivity contribution in [1.29, 1.82) is 0 Å². The third-order valence-corrected chi connectivity index (χ3v) is 7.76. The van der Waals surface area contributed by atoms with Gasteiger partial charge in [0.15, 0.2) is 5.82 Å². The van der Waals surface area contributed by atoms with Gasteiger partial charge < -0.3 is 14.2 Å². The Labute approximate surface area is 162 Å². The van der Waals surface area contributed by atoms with Gasteiger partial charge in [-0.15, -0.1) is 0 Å². The topological polar surface area (TPSA) is 41.5 Å². The molecule has 1 aliphatic heterocycles. The molecule has 0 spiro atoms. The first-order valence-electron chi connectivity index (χ1n) is 9.36. The highest BCUT2D eigenvalue weighted by Crippen LogP contribution is 2.29. The number of hydrogen-bond acceptors (Lipinski definition) is 5. The lowest BCUT2D eigenvalue weighted by molar-refractivity contribution is 0.288. The fourth-order valence-electron chi connectivity index (χ4n) is 2.97. The maximum Gasteiger partial charge on any atom is 0.214 e. The van der Waals surface area contributed by atoms with E-state index in [4.69, 9.17) is 4.43 Å². The minimum absolute atomic E-state index is 0.135. The van der Waals surface area contributed by atoms with Crippen LogP contribution in [0.15, 0.2) is 36.8 Å². The van der Waals surface area contributed by atoms with E-state index in [1.54, 1.807) is 12.5 Å². The molecule has 0 amide bonds. The number of nitrogens with zero attached hydrogens (tertiary/aromatic N) is 4. The van der Waals surface area contributed by atoms with Crippen LogP contribution in [0.25, 0.3) is 0 Å². The van der Waals surface area contributed by atoms with Gasteiger partial charge in [0.2, 0.25) is 9.04 Å². The molecule has 0 N–H and O–H groups in total. The van der Waals surface area contributed by atoms with Crippen LogP contribution in [0.4, 0.5) is 15.9 Å². The predicted molar refractivity (Wildman–Crippen MR) is 109 cm³/mol. The second-order valence-corrected chi connectivity index (χ2v) is 10.8. The zero-order valence-corrected chi connectivity index (χ0v) is 17.6.